The quantitative estimate of drug-likeness (QED) is 0.432. The molecule has 3 rings (SSSR count). The average molecular weight is 443 g/mol. The molecule has 1 aliphatic rings. The predicted octanol–water partition coefficient (Wildman–Crippen LogP) is 3.57. The Morgan fingerprint density at radius 2 is 2.17 bits per heavy atom. The van der Waals surface area contributed by atoms with Gasteiger partial charge in [0.25, 0.3) is 0 Å². The fourth-order valence-electron chi connectivity index (χ4n) is 2.51. The van der Waals surface area contributed by atoms with Crippen LogP contribution < -0.4 is 10.6 Å². The molecule has 2 aromatic rings. The number of aliphatic imine (C=N–C) groups is 1. The third-order valence-corrected chi connectivity index (χ3v) is 4.01. The largest absolute Gasteiger partial charge is 0.353 e. The van der Waals surface area contributed by atoms with E-state index >= 15 is 0 Å². The molecule has 0 saturated heterocycles. The summed E-state index contributed by atoms with van der Waals surface area (Å²) in [6.45, 7) is 0.662. The monoisotopic (exact) mass is 442 g/mol. The standard InChI is InChI=1S/C17H19ClN4.HI/c1-19-17(21-11-14-7-2-3-8-20-14)22-16-10-15(16)12-5-4-6-13(18)9-12;/h2-9,15-16H,10-11H2,1H3,(H2,19,21,22);1H. The van der Waals surface area contributed by atoms with Gasteiger partial charge in [0.05, 0.1) is 12.2 Å². The summed E-state index contributed by atoms with van der Waals surface area (Å²) in [4.78, 5) is 8.56. The molecule has 1 aromatic heterocycles. The number of halogens is 2. The maximum atomic E-state index is 6.05. The van der Waals surface area contributed by atoms with Crippen LogP contribution in [0.2, 0.25) is 5.02 Å². The summed E-state index contributed by atoms with van der Waals surface area (Å²) in [7, 11) is 1.78. The minimum absolute atomic E-state index is 0. The summed E-state index contributed by atoms with van der Waals surface area (Å²) in [5.74, 6) is 1.31. The van der Waals surface area contributed by atoms with Gasteiger partial charge in [0, 0.05) is 30.2 Å². The zero-order valence-corrected chi connectivity index (χ0v) is 16.0. The fourth-order valence-corrected chi connectivity index (χ4v) is 2.71. The summed E-state index contributed by atoms with van der Waals surface area (Å²) in [6.07, 6.45) is 2.90. The molecule has 1 aliphatic carbocycles. The number of hydrogen-bond donors (Lipinski definition) is 2. The van der Waals surface area contributed by atoms with Crippen LogP contribution in [0.5, 0.6) is 0 Å². The Balaban J connectivity index is 0.00000192. The maximum Gasteiger partial charge on any atom is 0.191 e. The van der Waals surface area contributed by atoms with Crippen LogP contribution in [0.4, 0.5) is 0 Å². The predicted molar refractivity (Wildman–Crippen MR) is 106 cm³/mol. The van der Waals surface area contributed by atoms with E-state index in [4.69, 9.17) is 11.6 Å². The van der Waals surface area contributed by atoms with Gasteiger partial charge in [0.2, 0.25) is 0 Å². The van der Waals surface area contributed by atoms with Crippen molar-refractivity contribution in [2.24, 2.45) is 4.99 Å². The first-order chi connectivity index (χ1) is 10.8. The molecule has 2 atom stereocenters. The summed E-state index contributed by atoms with van der Waals surface area (Å²) in [5.41, 5.74) is 2.28. The lowest BCUT2D eigenvalue weighted by Crippen LogP contribution is -2.38. The molecule has 122 valence electrons. The van der Waals surface area contributed by atoms with Gasteiger partial charge in [-0.3, -0.25) is 9.98 Å². The van der Waals surface area contributed by atoms with Gasteiger partial charge in [-0.15, -0.1) is 24.0 Å². The molecule has 4 nitrogen and oxygen atoms in total. The van der Waals surface area contributed by atoms with E-state index in [2.05, 4.69) is 26.7 Å². The first-order valence-corrected chi connectivity index (χ1v) is 7.76. The van der Waals surface area contributed by atoms with Crippen molar-refractivity contribution in [3.8, 4) is 0 Å². The lowest BCUT2D eigenvalue weighted by atomic mass is 10.1. The maximum absolute atomic E-state index is 6.05. The zero-order valence-electron chi connectivity index (χ0n) is 12.9. The van der Waals surface area contributed by atoms with E-state index in [1.165, 1.54) is 5.56 Å². The average Bonchev–Trinajstić information content (AvgIpc) is 3.32. The molecular formula is C17H20ClIN4. The minimum Gasteiger partial charge on any atom is -0.353 e. The number of nitrogens with zero attached hydrogens (tertiary/aromatic N) is 2. The number of pyridine rings is 1. The van der Waals surface area contributed by atoms with Crippen LogP contribution in [0.15, 0.2) is 53.7 Å². The molecule has 1 aromatic carbocycles. The lowest BCUT2D eigenvalue weighted by molar-refractivity contribution is 0.779. The molecule has 0 amide bonds. The van der Waals surface area contributed by atoms with Crippen molar-refractivity contribution in [2.75, 3.05) is 7.05 Å². The highest BCUT2D eigenvalue weighted by atomic mass is 127. The highest BCUT2D eigenvalue weighted by molar-refractivity contribution is 14.0. The van der Waals surface area contributed by atoms with Crippen LogP contribution in [-0.4, -0.2) is 24.0 Å². The molecule has 1 fully saturated rings. The molecule has 0 spiro atoms. The van der Waals surface area contributed by atoms with Crippen molar-refractivity contribution in [1.29, 1.82) is 0 Å². The first-order valence-electron chi connectivity index (χ1n) is 7.39. The molecule has 0 radical (unpaired) electrons. The fraction of sp³-hybridized carbons (Fsp3) is 0.294. The van der Waals surface area contributed by atoms with Gasteiger partial charge in [-0.2, -0.15) is 0 Å². The van der Waals surface area contributed by atoms with Gasteiger partial charge in [0.1, 0.15) is 0 Å². The van der Waals surface area contributed by atoms with Gasteiger partial charge in [0.15, 0.2) is 5.96 Å². The van der Waals surface area contributed by atoms with E-state index in [1.807, 2.05) is 36.4 Å². The van der Waals surface area contributed by atoms with Crippen molar-refractivity contribution < 1.29 is 0 Å². The van der Waals surface area contributed by atoms with Crippen molar-refractivity contribution in [3.05, 3.63) is 64.9 Å². The number of guanidine groups is 1. The second-order valence-electron chi connectivity index (χ2n) is 5.39. The summed E-state index contributed by atoms with van der Waals surface area (Å²) in [5, 5.41) is 7.53. The van der Waals surface area contributed by atoms with Gasteiger partial charge < -0.3 is 10.6 Å². The lowest BCUT2D eigenvalue weighted by Gasteiger charge is -2.11. The number of benzene rings is 1. The molecule has 23 heavy (non-hydrogen) atoms. The summed E-state index contributed by atoms with van der Waals surface area (Å²) < 4.78 is 0. The highest BCUT2D eigenvalue weighted by Gasteiger charge is 2.39. The zero-order chi connectivity index (χ0) is 15.4. The van der Waals surface area contributed by atoms with Gasteiger partial charge in [-0.05, 0) is 36.2 Å². The normalized spacial score (nSPS) is 19.7. The van der Waals surface area contributed by atoms with E-state index in [0.29, 0.717) is 18.5 Å². The Morgan fingerprint density at radius 1 is 1.30 bits per heavy atom. The van der Waals surface area contributed by atoms with Crippen LogP contribution in [-0.2, 0) is 6.54 Å². The van der Waals surface area contributed by atoms with Crippen molar-refractivity contribution in [1.82, 2.24) is 15.6 Å². The van der Waals surface area contributed by atoms with Crippen molar-refractivity contribution >= 4 is 41.5 Å². The number of rotatable bonds is 4. The second-order valence-corrected chi connectivity index (χ2v) is 5.83. The van der Waals surface area contributed by atoms with E-state index in [9.17, 15) is 0 Å². The molecule has 0 aliphatic heterocycles. The van der Waals surface area contributed by atoms with Gasteiger partial charge in [-0.1, -0.05) is 29.8 Å². The molecule has 2 N–H and O–H groups in total. The summed E-state index contributed by atoms with van der Waals surface area (Å²) in [6, 6.07) is 14.4. The first kappa shape index (κ1) is 18.0. The third kappa shape index (κ3) is 5.07. The minimum atomic E-state index is 0. The Hall–Kier alpha value is -1.34. The Bertz CT molecular complexity index is 663. The third-order valence-electron chi connectivity index (χ3n) is 3.78. The molecule has 2 unspecified atom stereocenters. The van der Waals surface area contributed by atoms with Gasteiger partial charge in [-0.25, -0.2) is 0 Å². The second kappa shape index (κ2) is 8.49. The van der Waals surface area contributed by atoms with Gasteiger partial charge >= 0.3 is 0 Å². The summed E-state index contributed by atoms with van der Waals surface area (Å²) >= 11 is 6.05. The van der Waals surface area contributed by atoms with Crippen LogP contribution in [0.25, 0.3) is 0 Å². The van der Waals surface area contributed by atoms with E-state index in [-0.39, 0.29) is 24.0 Å². The van der Waals surface area contributed by atoms with E-state index in [0.717, 1.165) is 23.1 Å². The number of hydrogen-bond acceptors (Lipinski definition) is 2. The van der Waals surface area contributed by atoms with Crippen LogP contribution >= 0.6 is 35.6 Å². The Morgan fingerprint density at radius 3 is 2.87 bits per heavy atom. The molecule has 1 heterocycles. The molecule has 1 saturated carbocycles. The van der Waals surface area contributed by atoms with Crippen LogP contribution in [0, 0.1) is 0 Å². The Kier molecular flexibility index (Phi) is 6.65. The van der Waals surface area contributed by atoms with E-state index < -0.39 is 0 Å². The molecule has 0 bridgehead atoms. The smallest absolute Gasteiger partial charge is 0.191 e. The Labute approximate surface area is 158 Å². The number of nitrogens with one attached hydrogen (secondary N) is 2. The van der Waals surface area contributed by atoms with Crippen molar-refractivity contribution in [3.63, 3.8) is 0 Å². The molecular weight excluding hydrogens is 423 g/mol. The highest BCUT2D eigenvalue weighted by Crippen LogP contribution is 2.41. The number of aromatic nitrogens is 1. The topological polar surface area (TPSA) is 49.3 Å². The molecule has 6 heteroatoms. The van der Waals surface area contributed by atoms with Crippen molar-refractivity contribution in [2.45, 2.75) is 24.9 Å². The SMILES string of the molecule is CN=C(NCc1ccccn1)NC1CC1c1cccc(Cl)c1.I. The van der Waals surface area contributed by atoms with E-state index in [1.54, 1.807) is 13.2 Å². The van der Waals surface area contributed by atoms with Crippen LogP contribution in [0.1, 0.15) is 23.6 Å². The van der Waals surface area contributed by atoms with Crippen LogP contribution in [0.3, 0.4) is 0 Å².